The first-order chi connectivity index (χ1) is 10.1. The zero-order valence-corrected chi connectivity index (χ0v) is 11.8. The minimum Gasteiger partial charge on any atom is -0.481 e. The number of nitrogens with zero attached hydrogens (tertiary/aromatic N) is 1. The quantitative estimate of drug-likeness (QED) is 0.940. The van der Waals surface area contributed by atoms with Crippen LogP contribution in [0.5, 0.6) is 0 Å². The first-order valence-electron chi connectivity index (χ1n) is 6.57. The second-order valence-corrected chi connectivity index (χ2v) is 5.47. The van der Waals surface area contributed by atoms with Crippen molar-refractivity contribution in [1.29, 1.82) is 0 Å². The van der Waals surface area contributed by atoms with Crippen LogP contribution in [-0.2, 0) is 11.3 Å². The zero-order chi connectivity index (χ0) is 15.0. The van der Waals surface area contributed by atoms with E-state index in [1.54, 1.807) is 6.07 Å². The third-order valence-electron chi connectivity index (χ3n) is 3.73. The molecular weight excluding hydrogens is 293 g/mol. The molecule has 1 heterocycles. The van der Waals surface area contributed by atoms with Gasteiger partial charge < -0.3 is 10.0 Å². The molecular formula is C16H13ClFNO2. The van der Waals surface area contributed by atoms with Gasteiger partial charge in [-0.15, -0.1) is 0 Å². The number of hydrogen-bond donors (Lipinski definition) is 1. The van der Waals surface area contributed by atoms with Crippen LogP contribution in [-0.4, -0.2) is 17.6 Å². The molecule has 0 saturated carbocycles. The van der Waals surface area contributed by atoms with Crippen LogP contribution in [0.2, 0.25) is 5.02 Å². The first-order valence-corrected chi connectivity index (χ1v) is 6.94. The van der Waals surface area contributed by atoms with E-state index in [2.05, 4.69) is 0 Å². The predicted octanol–water partition coefficient (Wildman–Crippen LogP) is 3.67. The van der Waals surface area contributed by atoms with Gasteiger partial charge in [-0.1, -0.05) is 35.9 Å². The highest BCUT2D eigenvalue weighted by Crippen LogP contribution is 2.37. The van der Waals surface area contributed by atoms with E-state index in [0.717, 1.165) is 16.8 Å². The van der Waals surface area contributed by atoms with Crippen LogP contribution in [0.25, 0.3) is 0 Å². The summed E-state index contributed by atoms with van der Waals surface area (Å²) in [6.45, 7) is 0.849. The number of fused-ring (bicyclic) bond motifs is 1. The maximum absolute atomic E-state index is 13.1. The van der Waals surface area contributed by atoms with Crippen molar-refractivity contribution < 1.29 is 14.3 Å². The molecule has 5 heteroatoms. The lowest BCUT2D eigenvalue weighted by atomic mass is 10.0. The van der Waals surface area contributed by atoms with Gasteiger partial charge in [-0.25, -0.2) is 4.39 Å². The molecule has 21 heavy (non-hydrogen) atoms. The van der Waals surface area contributed by atoms with Crippen LogP contribution >= 0.6 is 11.6 Å². The van der Waals surface area contributed by atoms with Crippen LogP contribution < -0.4 is 4.90 Å². The summed E-state index contributed by atoms with van der Waals surface area (Å²) in [6, 6.07) is 11.7. The van der Waals surface area contributed by atoms with Crippen molar-refractivity contribution in [2.24, 2.45) is 0 Å². The van der Waals surface area contributed by atoms with E-state index in [1.165, 1.54) is 12.1 Å². The Morgan fingerprint density at radius 2 is 2.10 bits per heavy atom. The van der Waals surface area contributed by atoms with Crippen molar-refractivity contribution in [2.75, 3.05) is 11.4 Å². The Bertz CT molecular complexity index is 704. The average molecular weight is 306 g/mol. The lowest BCUT2D eigenvalue weighted by Gasteiger charge is -2.20. The molecule has 1 aliphatic heterocycles. The minimum atomic E-state index is -0.838. The Morgan fingerprint density at radius 1 is 1.33 bits per heavy atom. The Balaban J connectivity index is 1.92. The SMILES string of the molecule is O=C(O)C1CN(Cc2ccc(F)cc2Cl)c2ccccc21. The smallest absolute Gasteiger partial charge is 0.312 e. The van der Waals surface area contributed by atoms with Crippen molar-refractivity contribution >= 4 is 23.3 Å². The third-order valence-corrected chi connectivity index (χ3v) is 4.08. The Kier molecular flexibility index (Phi) is 3.55. The van der Waals surface area contributed by atoms with Gasteiger partial charge in [0.25, 0.3) is 0 Å². The first kappa shape index (κ1) is 13.9. The summed E-state index contributed by atoms with van der Waals surface area (Å²) in [4.78, 5) is 13.3. The van der Waals surface area contributed by atoms with Crippen LogP contribution in [0.4, 0.5) is 10.1 Å². The lowest BCUT2D eigenvalue weighted by Crippen LogP contribution is -2.24. The van der Waals surface area contributed by atoms with Crippen molar-refractivity contribution in [3.63, 3.8) is 0 Å². The van der Waals surface area contributed by atoms with Gasteiger partial charge in [-0.05, 0) is 29.3 Å². The molecule has 2 aromatic rings. The highest BCUT2D eigenvalue weighted by atomic mass is 35.5. The van der Waals surface area contributed by atoms with Gasteiger partial charge in [-0.2, -0.15) is 0 Å². The topological polar surface area (TPSA) is 40.5 Å². The number of para-hydroxylation sites is 1. The Hall–Kier alpha value is -2.07. The summed E-state index contributed by atoms with van der Waals surface area (Å²) >= 11 is 6.05. The monoisotopic (exact) mass is 305 g/mol. The van der Waals surface area contributed by atoms with Crippen molar-refractivity contribution in [3.05, 3.63) is 64.4 Å². The van der Waals surface area contributed by atoms with Crippen molar-refractivity contribution in [3.8, 4) is 0 Å². The van der Waals surface area contributed by atoms with E-state index in [4.69, 9.17) is 11.6 Å². The standard InChI is InChI=1S/C16H13ClFNO2/c17-14-7-11(18)6-5-10(14)8-19-9-13(16(20)21)12-3-1-2-4-15(12)19/h1-7,13H,8-9H2,(H,20,21). The zero-order valence-electron chi connectivity index (χ0n) is 11.1. The largest absolute Gasteiger partial charge is 0.481 e. The van der Waals surface area contributed by atoms with Gasteiger partial charge in [0, 0.05) is 23.8 Å². The van der Waals surface area contributed by atoms with E-state index in [0.29, 0.717) is 18.1 Å². The fourth-order valence-corrected chi connectivity index (χ4v) is 2.93. The number of carboxylic acids is 1. The van der Waals surface area contributed by atoms with Gasteiger partial charge in [0.2, 0.25) is 0 Å². The number of benzene rings is 2. The Labute approximate surface area is 126 Å². The lowest BCUT2D eigenvalue weighted by molar-refractivity contribution is -0.138. The number of carbonyl (C=O) groups is 1. The number of hydrogen-bond acceptors (Lipinski definition) is 2. The summed E-state index contributed by atoms with van der Waals surface area (Å²) in [6.07, 6.45) is 0. The molecule has 1 atom stereocenters. The van der Waals surface area contributed by atoms with Gasteiger partial charge in [0.05, 0.1) is 0 Å². The van der Waals surface area contributed by atoms with E-state index < -0.39 is 11.9 Å². The molecule has 3 nitrogen and oxygen atoms in total. The van der Waals surface area contributed by atoms with Crippen LogP contribution in [0, 0.1) is 5.82 Å². The van der Waals surface area contributed by atoms with E-state index in [9.17, 15) is 14.3 Å². The average Bonchev–Trinajstić information content (AvgIpc) is 2.81. The molecule has 3 rings (SSSR count). The number of carboxylic acid groups (broad SMARTS) is 1. The van der Waals surface area contributed by atoms with Crippen LogP contribution in [0.1, 0.15) is 17.0 Å². The summed E-state index contributed by atoms with van der Waals surface area (Å²) < 4.78 is 13.1. The summed E-state index contributed by atoms with van der Waals surface area (Å²) in [5.74, 6) is -1.76. The van der Waals surface area contributed by atoms with E-state index >= 15 is 0 Å². The molecule has 1 aliphatic rings. The van der Waals surface area contributed by atoms with Crippen LogP contribution in [0.15, 0.2) is 42.5 Å². The van der Waals surface area contributed by atoms with E-state index in [-0.39, 0.29) is 5.82 Å². The van der Waals surface area contributed by atoms with Gasteiger partial charge >= 0.3 is 5.97 Å². The fraction of sp³-hybridized carbons (Fsp3) is 0.188. The fourth-order valence-electron chi connectivity index (χ4n) is 2.70. The number of anilines is 1. The third kappa shape index (κ3) is 2.59. The second-order valence-electron chi connectivity index (χ2n) is 5.07. The van der Waals surface area contributed by atoms with Crippen molar-refractivity contribution in [1.82, 2.24) is 0 Å². The van der Waals surface area contributed by atoms with Gasteiger partial charge in [-0.3, -0.25) is 4.79 Å². The minimum absolute atomic E-state index is 0.353. The maximum atomic E-state index is 13.1. The molecule has 1 unspecified atom stereocenters. The van der Waals surface area contributed by atoms with Gasteiger partial charge in [0.1, 0.15) is 11.7 Å². The summed E-state index contributed by atoms with van der Waals surface area (Å²) in [5, 5.41) is 9.69. The molecule has 108 valence electrons. The molecule has 0 saturated heterocycles. The second kappa shape index (κ2) is 5.37. The highest BCUT2D eigenvalue weighted by Gasteiger charge is 2.33. The molecule has 1 N–H and O–H groups in total. The molecule has 0 bridgehead atoms. The number of halogens is 2. The molecule has 0 aliphatic carbocycles. The van der Waals surface area contributed by atoms with Gasteiger partial charge in [0.15, 0.2) is 0 Å². The van der Waals surface area contributed by atoms with Crippen molar-refractivity contribution in [2.45, 2.75) is 12.5 Å². The summed E-state index contributed by atoms with van der Waals surface area (Å²) in [7, 11) is 0. The molecule has 0 spiro atoms. The molecule has 0 fully saturated rings. The molecule has 0 radical (unpaired) electrons. The number of rotatable bonds is 3. The molecule has 2 aromatic carbocycles. The Morgan fingerprint density at radius 3 is 2.81 bits per heavy atom. The highest BCUT2D eigenvalue weighted by molar-refractivity contribution is 6.31. The van der Waals surface area contributed by atoms with Crippen LogP contribution in [0.3, 0.4) is 0 Å². The number of aliphatic carboxylic acids is 1. The maximum Gasteiger partial charge on any atom is 0.312 e. The van der Waals surface area contributed by atoms with E-state index in [1.807, 2.05) is 29.2 Å². The summed E-state index contributed by atoms with van der Waals surface area (Å²) in [5.41, 5.74) is 2.48. The molecule has 0 aromatic heterocycles. The molecule has 0 amide bonds. The predicted molar refractivity (Wildman–Crippen MR) is 79.3 cm³/mol. The normalized spacial score (nSPS) is 16.9.